The lowest BCUT2D eigenvalue weighted by molar-refractivity contribution is 0.487. The smallest absolute Gasteiger partial charge is 0.161 e. The molecule has 0 atom stereocenters. The van der Waals surface area contributed by atoms with Crippen LogP contribution in [0.15, 0.2) is 205 Å². The van der Waals surface area contributed by atoms with Gasteiger partial charge in [0.05, 0.1) is 11.2 Å². The first kappa shape index (κ1) is 33.2. The third kappa shape index (κ3) is 5.47. The highest BCUT2D eigenvalue weighted by molar-refractivity contribution is 6.10. The Bertz CT molecular complexity index is 3410. The van der Waals surface area contributed by atoms with Gasteiger partial charge in [-0.1, -0.05) is 127 Å². The van der Waals surface area contributed by atoms with Gasteiger partial charge in [-0.05, 0) is 82.7 Å². The Morgan fingerprint density at radius 3 is 1.90 bits per heavy atom. The summed E-state index contributed by atoms with van der Waals surface area (Å²) in [6, 6.07) is 69.5. The van der Waals surface area contributed by atoms with Crippen LogP contribution < -0.4 is 9.64 Å². The number of para-hydroxylation sites is 3. The van der Waals surface area contributed by atoms with Gasteiger partial charge in [0.1, 0.15) is 22.7 Å². The molecule has 0 amide bonds. The summed E-state index contributed by atoms with van der Waals surface area (Å²) in [5.74, 6) is 2.27. The van der Waals surface area contributed by atoms with Crippen molar-refractivity contribution in [3.63, 3.8) is 0 Å². The topological polar surface area (TPSA) is 51.4 Å². The maximum absolute atomic E-state index is 6.84. The predicted octanol–water partition coefficient (Wildman–Crippen LogP) is 14.9. The zero-order valence-electron chi connectivity index (χ0n) is 31.7. The van der Waals surface area contributed by atoms with E-state index in [1.165, 1.54) is 11.1 Å². The summed E-state index contributed by atoms with van der Waals surface area (Å²) in [4.78, 5) is 12.7. The van der Waals surface area contributed by atoms with E-state index in [9.17, 15) is 0 Å². The lowest BCUT2D eigenvalue weighted by Crippen LogP contribution is -2.10. The largest absolute Gasteiger partial charge is 0.456 e. The van der Waals surface area contributed by atoms with Crippen LogP contribution in [0.2, 0.25) is 0 Å². The summed E-state index contributed by atoms with van der Waals surface area (Å²) in [6.45, 7) is 0. The van der Waals surface area contributed by atoms with E-state index in [0.29, 0.717) is 5.82 Å². The second-order valence-electron chi connectivity index (χ2n) is 14.9. The van der Waals surface area contributed by atoms with Crippen molar-refractivity contribution in [3.8, 4) is 56.4 Å². The standard InChI is InChI=1S/C54H33N3O2/c1-3-12-34(13-4-1)35-22-24-36(25-23-35)53-46-17-7-9-20-47(46)55-54(56-53)45-30-31-49-52-43(18-11-19-44(45)52)42-29-27-39(33-51(42)59-49)57(37-14-5-2-6-15-37)38-26-28-41-40-16-8-10-21-48(40)58-50(41)32-38/h1-33H. The number of anilines is 3. The lowest BCUT2D eigenvalue weighted by Gasteiger charge is -2.28. The maximum atomic E-state index is 6.84. The number of nitrogens with zero attached hydrogens (tertiary/aromatic N) is 3. The minimum atomic E-state index is 0.676. The SMILES string of the molecule is c1ccc(-c2ccc(-c3nc(-c4ccc5c6c(cccc46)-c4ccc(N(c6ccccc6)c6ccc7c(c6)oc6ccccc67)cc4O5)nc4ccccc34)cc2)cc1. The Labute approximate surface area is 340 Å². The van der Waals surface area contributed by atoms with E-state index >= 15 is 0 Å². The minimum Gasteiger partial charge on any atom is -0.456 e. The fourth-order valence-corrected chi connectivity index (χ4v) is 8.70. The average molecular weight is 756 g/mol. The average Bonchev–Trinajstić information content (AvgIpc) is 3.68. The first-order valence-corrected chi connectivity index (χ1v) is 19.8. The predicted molar refractivity (Wildman–Crippen MR) is 241 cm³/mol. The number of hydrogen-bond donors (Lipinski definition) is 0. The summed E-state index contributed by atoms with van der Waals surface area (Å²) in [5.41, 5.74) is 13.0. The van der Waals surface area contributed by atoms with Gasteiger partial charge in [-0.15, -0.1) is 0 Å². The van der Waals surface area contributed by atoms with E-state index in [1.807, 2.05) is 42.5 Å². The molecule has 276 valence electrons. The molecule has 0 unspecified atom stereocenters. The van der Waals surface area contributed by atoms with Crippen molar-refractivity contribution in [3.05, 3.63) is 200 Å². The number of fused-ring (bicyclic) bond motifs is 6. The van der Waals surface area contributed by atoms with Crippen molar-refractivity contribution in [2.45, 2.75) is 0 Å². The Morgan fingerprint density at radius 2 is 1.03 bits per heavy atom. The number of benzene rings is 9. The van der Waals surface area contributed by atoms with Crippen molar-refractivity contribution >= 4 is 60.7 Å². The number of hydrogen-bond acceptors (Lipinski definition) is 5. The van der Waals surface area contributed by atoms with Gasteiger partial charge in [-0.2, -0.15) is 0 Å². The molecule has 11 aromatic rings. The molecule has 5 nitrogen and oxygen atoms in total. The van der Waals surface area contributed by atoms with E-state index in [1.54, 1.807) is 0 Å². The molecular formula is C54H33N3O2. The van der Waals surface area contributed by atoms with Crippen LogP contribution in [-0.4, -0.2) is 9.97 Å². The number of furan rings is 1. The van der Waals surface area contributed by atoms with E-state index < -0.39 is 0 Å². The minimum absolute atomic E-state index is 0.676. The number of ether oxygens (including phenoxy) is 1. The summed E-state index contributed by atoms with van der Waals surface area (Å²) >= 11 is 0. The van der Waals surface area contributed by atoms with Gasteiger partial charge < -0.3 is 14.1 Å². The van der Waals surface area contributed by atoms with Crippen LogP contribution in [0.3, 0.4) is 0 Å². The molecule has 0 spiro atoms. The van der Waals surface area contributed by atoms with E-state index in [2.05, 4.69) is 163 Å². The molecule has 0 saturated carbocycles. The van der Waals surface area contributed by atoms with Gasteiger partial charge in [0, 0.05) is 67.4 Å². The van der Waals surface area contributed by atoms with Crippen LogP contribution in [0.4, 0.5) is 17.1 Å². The summed E-state index contributed by atoms with van der Waals surface area (Å²) < 4.78 is 13.2. The summed E-state index contributed by atoms with van der Waals surface area (Å²) in [6.07, 6.45) is 0. The van der Waals surface area contributed by atoms with Gasteiger partial charge in [0.2, 0.25) is 0 Å². The quantitative estimate of drug-likeness (QED) is 0.169. The third-order valence-corrected chi connectivity index (χ3v) is 11.5. The first-order valence-electron chi connectivity index (χ1n) is 19.8. The number of aromatic nitrogens is 2. The molecule has 5 heteroatoms. The first-order chi connectivity index (χ1) is 29.2. The molecule has 1 aliphatic heterocycles. The second-order valence-corrected chi connectivity index (χ2v) is 14.9. The van der Waals surface area contributed by atoms with Crippen LogP contribution in [0.1, 0.15) is 0 Å². The normalized spacial score (nSPS) is 11.9. The molecule has 0 saturated heterocycles. The molecule has 0 fully saturated rings. The van der Waals surface area contributed by atoms with Crippen molar-refractivity contribution < 1.29 is 9.15 Å². The highest BCUT2D eigenvalue weighted by Crippen LogP contribution is 2.50. The Kier molecular flexibility index (Phi) is 7.47. The van der Waals surface area contributed by atoms with Crippen LogP contribution in [0.5, 0.6) is 11.5 Å². The molecule has 0 N–H and O–H groups in total. The maximum Gasteiger partial charge on any atom is 0.161 e. The van der Waals surface area contributed by atoms with E-state index in [0.717, 1.165) is 100 Å². The highest BCUT2D eigenvalue weighted by Gasteiger charge is 2.25. The fraction of sp³-hybridized carbons (Fsp3) is 0. The van der Waals surface area contributed by atoms with Gasteiger partial charge in [0.15, 0.2) is 5.82 Å². The zero-order chi connectivity index (χ0) is 38.9. The molecule has 0 aliphatic carbocycles. The molecule has 3 heterocycles. The molecule has 12 rings (SSSR count). The number of rotatable bonds is 6. The molecule has 0 radical (unpaired) electrons. The van der Waals surface area contributed by atoms with Crippen molar-refractivity contribution in [2.24, 2.45) is 0 Å². The highest BCUT2D eigenvalue weighted by atomic mass is 16.5. The van der Waals surface area contributed by atoms with Crippen LogP contribution in [0.25, 0.3) is 88.5 Å². The summed E-state index contributed by atoms with van der Waals surface area (Å²) in [5, 5.41) is 5.31. The van der Waals surface area contributed by atoms with E-state index in [4.69, 9.17) is 19.1 Å². The molecule has 9 aromatic carbocycles. The molecule has 2 aromatic heterocycles. The zero-order valence-corrected chi connectivity index (χ0v) is 31.7. The van der Waals surface area contributed by atoms with Gasteiger partial charge in [-0.25, -0.2) is 9.97 Å². The van der Waals surface area contributed by atoms with Crippen LogP contribution >= 0.6 is 0 Å². The Balaban J connectivity index is 0.960. The fourth-order valence-electron chi connectivity index (χ4n) is 8.70. The Morgan fingerprint density at radius 1 is 0.373 bits per heavy atom. The van der Waals surface area contributed by atoms with Gasteiger partial charge >= 0.3 is 0 Å². The van der Waals surface area contributed by atoms with Gasteiger partial charge in [0.25, 0.3) is 0 Å². The van der Waals surface area contributed by atoms with Crippen molar-refractivity contribution in [2.75, 3.05) is 4.90 Å². The molecule has 59 heavy (non-hydrogen) atoms. The summed E-state index contributed by atoms with van der Waals surface area (Å²) in [7, 11) is 0. The molecule has 1 aliphatic rings. The van der Waals surface area contributed by atoms with Crippen molar-refractivity contribution in [1.82, 2.24) is 9.97 Å². The van der Waals surface area contributed by atoms with Crippen LogP contribution in [-0.2, 0) is 0 Å². The third-order valence-electron chi connectivity index (χ3n) is 11.5. The molecular weight excluding hydrogens is 723 g/mol. The lowest BCUT2D eigenvalue weighted by atomic mass is 9.92. The van der Waals surface area contributed by atoms with Crippen LogP contribution in [0, 0.1) is 0 Å². The monoisotopic (exact) mass is 755 g/mol. The van der Waals surface area contributed by atoms with Crippen molar-refractivity contribution in [1.29, 1.82) is 0 Å². The van der Waals surface area contributed by atoms with Gasteiger partial charge in [-0.3, -0.25) is 0 Å². The second kappa shape index (κ2) is 13.3. The Hall–Kier alpha value is -8.02. The molecule has 0 bridgehead atoms. The van der Waals surface area contributed by atoms with E-state index in [-0.39, 0.29) is 0 Å².